The van der Waals surface area contributed by atoms with Gasteiger partial charge in [0.2, 0.25) is 5.91 Å². The van der Waals surface area contributed by atoms with Crippen LogP contribution in [-0.2, 0) is 0 Å². The molecule has 0 saturated carbocycles. The Kier molecular flexibility index (Phi) is 5.06. The topological polar surface area (TPSA) is 82.0 Å². The number of anilines is 1. The molecule has 0 aliphatic heterocycles. The fourth-order valence-corrected chi connectivity index (χ4v) is 1.73. The smallest absolute Gasteiger partial charge is 0.248 e. The van der Waals surface area contributed by atoms with Crippen LogP contribution in [0.4, 0.5) is 5.82 Å². The van der Waals surface area contributed by atoms with E-state index in [-0.39, 0.29) is 0 Å². The summed E-state index contributed by atoms with van der Waals surface area (Å²) in [5.41, 5.74) is 14.0. The first kappa shape index (κ1) is 14.7. The Bertz CT molecular complexity index is 579. The molecule has 19 heavy (non-hydrogen) atoms. The Hall–Kier alpha value is -2.36. The summed E-state index contributed by atoms with van der Waals surface area (Å²) in [6.45, 7) is 5.88. The van der Waals surface area contributed by atoms with Crippen molar-refractivity contribution in [1.29, 1.82) is 0 Å². The summed E-state index contributed by atoms with van der Waals surface area (Å²) in [5, 5.41) is 0. The lowest BCUT2D eigenvalue weighted by molar-refractivity contribution is 0.100. The summed E-state index contributed by atoms with van der Waals surface area (Å²) in [4.78, 5) is 15.3. The Balaban J connectivity index is 0.000000861. The van der Waals surface area contributed by atoms with Crippen molar-refractivity contribution in [2.45, 2.75) is 20.8 Å². The summed E-state index contributed by atoms with van der Waals surface area (Å²) in [6, 6.07) is 10.8. The molecule has 0 bridgehead atoms. The van der Waals surface area contributed by atoms with Gasteiger partial charge >= 0.3 is 0 Å². The number of carbonyl (C=O) groups is 1. The van der Waals surface area contributed by atoms with Crippen LogP contribution < -0.4 is 11.5 Å². The van der Waals surface area contributed by atoms with E-state index in [1.54, 1.807) is 24.3 Å². The minimum Gasteiger partial charge on any atom is -0.384 e. The highest BCUT2D eigenvalue weighted by molar-refractivity contribution is 5.94. The van der Waals surface area contributed by atoms with Crippen molar-refractivity contribution in [3.05, 3.63) is 47.7 Å². The van der Waals surface area contributed by atoms with Gasteiger partial charge in [-0.25, -0.2) is 4.98 Å². The van der Waals surface area contributed by atoms with E-state index >= 15 is 0 Å². The molecule has 0 radical (unpaired) electrons. The predicted octanol–water partition coefficient (Wildman–Crippen LogP) is 2.76. The Morgan fingerprint density at radius 1 is 1.16 bits per heavy atom. The molecular formula is C15H19N3O. The first-order valence-electron chi connectivity index (χ1n) is 6.21. The number of primary amides is 1. The highest BCUT2D eigenvalue weighted by atomic mass is 16.1. The second-order valence-corrected chi connectivity index (χ2v) is 3.81. The van der Waals surface area contributed by atoms with Gasteiger partial charge in [-0.15, -0.1) is 0 Å². The van der Waals surface area contributed by atoms with Crippen LogP contribution in [0.2, 0.25) is 0 Å². The number of benzene rings is 1. The first-order chi connectivity index (χ1) is 9.08. The van der Waals surface area contributed by atoms with Gasteiger partial charge in [-0.1, -0.05) is 26.0 Å². The van der Waals surface area contributed by atoms with Gasteiger partial charge in [0.15, 0.2) is 0 Å². The van der Waals surface area contributed by atoms with Crippen molar-refractivity contribution >= 4 is 11.7 Å². The minimum atomic E-state index is -0.437. The second kappa shape index (κ2) is 6.54. The molecule has 4 heteroatoms. The number of amides is 1. The maximum absolute atomic E-state index is 11.1. The fourth-order valence-electron chi connectivity index (χ4n) is 1.73. The number of rotatable bonds is 2. The monoisotopic (exact) mass is 257 g/mol. The Morgan fingerprint density at radius 3 is 2.42 bits per heavy atom. The van der Waals surface area contributed by atoms with Crippen molar-refractivity contribution in [3.63, 3.8) is 0 Å². The average molecular weight is 257 g/mol. The molecule has 0 spiro atoms. The van der Waals surface area contributed by atoms with Gasteiger partial charge in [0.05, 0.1) is 0 Å². The van der Waals surface area contributed by atoms with Crippen LogP contribution in [0.1, 0.15) is 29.9 Å². The van der Waals surface area contributed by atoms with Crippen molar-refractivity contribution < 1.29 is 4.79 Å². The Labute approximate surface area is 113 Å². The van der Waals surface area contributed by atoms with E-state index in [9.17, 15) is 4.79 Å². The zero-order valence-electron chi connectivity index (χ0n) is 11.5. The Morgan fingerprint density at radius 2 is 1.84 bits per heavy atom. The molecule has 1 heterocycles. The summed E-state index contributed by atoms with van der Waals surface area (Å²) < 4.78 is 0. The lowest BCUT2D eigenvalue weighted by Gasteiger charge is -2.07. The highest BCUT2D eigenvalue weighted by Gasteiger charge is 2.06. The standard InChI is InChI=1S/C13H13N3O.C2H6/c1-8-11(5-6-12(14)16-8)9-3-2-4-10(7-9)13(15)17;1-2/h2-7H,1H3,(H2,14,16)(H2,15,17);1-2H3. The van der Waals surface area contributed by atoms with Crippen LogP contribution in [0, 0.1) is 6.92 Å². The summed E-state index contributed by atoms with van der Waals surface area (Å²) >= 11 is 0. The molecular weight excluding hydrogens is 238 g/mol. The molecule has 0 fully saturated rings. The lowest BCUT2D eigenvalue weighted by Crippen LogP contribution is -2.10. The van der Waals surface area contributed by atoms with Crippen molar-refractivity contribution in [2.75, 3.05) is 5.73 Å². The molecule has 0 aliphatic carbocycles. The number of carbonyl (C=O) groups excluding carboxylic acids is 1. The quantitative estimate of drug-likeness (QED) is 0.867. The van der Waals surface area contributed by atoms with Crippen LogP contribution in [0.25, 0.3) is 11.1 Å². The number of hydrogen-bond donors (Lipinski definition) is 2. The molecule has 0 aliphatic rings. The zero-order chi connectivity index (χ0) is 14.4. The number of aryl methyl sites for hydroxylation is 1. The number of aromatic nitrogens is 1. The number of nitrogens with zero attached hydrogens (tertiary/aromatic N) is 1. The van der Waals surface area contributed by atoms with Crippen molar-refractivity contribution in [2.24, 2.45) is 5.73 Å². The van der Waals surface area contributed by atoms with Crippen LogP contribution in [0.3, 0.4) is 0 Å². The minimum absolute atomic E-state index is 0.437. The maximum Gasteiger partial charge on any atom is 0.248 e. The van der Waals surface area contributed by atoms with E-state index < -0.39 is 5.91 Å². The molecule has 0 unspecified atom stereocenters. The maximum atomic E-state index is 11.1. The van der Waals surface area contributed by atoms with Crippen molar-refractivity contribution in [1.82, 2.24) is 4.98 Å². The molecule has 1 aromatic heterocycles. The van der Waals surface area contributed by atoms with Gasteiger partial charge in [-0.05, 0) is 36.8 Å². The predicted molar refractivity (Wildman–Crippen MR) is 78.7 cm³/mol. The van der Waals surface area contributed by atoms with Crippen LogP contribution in [0.15, 0.2) is 36.4 Å². The summed E-state index contributed by atoms with van der Waals surface area (Å²) in [6.07, 6.45) is 0. The molecule has 4 N–H and O–H groups in total. The molecule has 1 amide bonds. The number of nitrogens with two attached hydrogens (primary N) is 2. The molecule has 2 aromatic rings. The molecule has 4 nitrogen and oxygen atoms in total. The third kappa shape index (κ3) is 3.55. The van der Waals surface area contributed by atoms with Gasteiger partial charge < -0.3 is 11.5 Å². The normalized spacial score (nSPS) is 9.42. The van der Waals surface area contributed by atoms with Crippen LogP contribution >= 0.6 is 0 Å². The van der Waals surface area contributed by atoms with Gasteiger partial charge in [-0.3, -0.25) is 4.79 Å². The van der Waals surface area contributed by atoms with E-state index in [2.05, 4.69) is 4.98 Å². The first-order valence-corrected chi connectivity index (χ1v) is 6.21. The van der Waals surface area contributed by atoms with Gasteiger partial charge in [0, 0.05) is 16.8 Å². The van der Waals surface area contributed by atoms with E-state index in [1.807, 2.05) is 32.9 Å². The number of nitrogen functional groups attached to an aromatic ring is 1. The fraction of sp³-hybridized carbons (Fsp3) is 0.200. The van der Waals surface area contributed by atoms with Crippen LogP contribution in [0.5, 0.6) is 0 Å². The molecule has 2 rings (SSSR count). The molecule has 0 saturated heterocycles. The van der Waals surface area contributed by atoms with E-state index in [0.29, 0.717) is 11.4 Å². The largest absolute Gasteiger partial charge is 0.384 e. The average Bonchev–Trinajstić information content (AvgIpc) is 2.41. The van der Waals surface area contributed by atoms with Gasteiger partial charge in [-0.2, -0.15) is 0 Å². The van der Waals surface area contributed by atoms with E-state index in [1.165, 1.54) is 0 Å². The van der Waals surface area contributed by atoms with Crippen LogP contribution in [-0.4, -0.2) is 10.9 Å². The van der Waals surface area contributed by atoms with E-state index in [4.69, 9.17) is 11.5 Å². The molecule has 100 valence electrons. The summed E-state index contributed by atoms with van der Waals surface area (Å²) in [5.74, 6) is 0.0465. The molecule has 0 atom stereocenters. The number of hydrogen-bond acceptors (Lipinski definition) is 3. The van der Waals surface area contributed by atoms with Gasteiger partial charge in [0.25, 0.3) is 0 Å². The summed E-state index contributed by atoms with van der Waals surface area (Å²) in [7, 11) is 0. The SMILES string of the molecule is CC.Cc1nc(N)ccc1-c1cccc(C(N)=O)c1. The molecule has 1 aromatic carbocycles. The van der Waals surface area contributed by atoms with E-state index in [0.717, 1.165) is 16.8 Å². The second-order valence-electron chi connectivity index (χ2n) is 3.81. The number of pyridine rings is 1. The van der Waals surface area contributed by atoms with Gasteiger partial charge in [0.1, 0.15) is 5.82 Å². The lowest BCUT2D eigenvalue weighted by atomic mass is 10.0. The van der Waals surface area contributed by atoms with Crippen molar-refractivity contribution in [3.8, 4) is 11.1 Å². The third-order valence-electron chi connectivity index (χ3n) is 2.57. The third-order valence-corrected chi connectivity index (χ3v) is 2.57. The highest BCUT2D eigenvalue weighted by Crippen LogP contribution is 2.23. The zero-order valence-corrected chi connectivity index (χ0v) is 11.5.